The van der Waals surface area contributed by atoms with Crippen molar-refractivity contribution < 1.29 is 4.79 Å². The van der Waals surface area contributed by atoms with Crippen LogP contribution in [0.3, 0.4) is 0 Å². The summed E-state index contributed by atoms with van der Waals surface area (Å²) < 4.78 is 0. The molecule has 4 aromatic rings. The van der Waals surface area contributed by atoms with Crippen LogP contribution in [0.1, 0.15) is 52.0 Å². The second-order valence-corrected chi connectivity index (χ2v) is 9.52. The quantitative estimate of drug-likeness (QED) is 0.401. The van der Waals surface area contributed by atoms with Crippen molar-refractivity contribution in [1.29, 1.82) is 0 Å². The van der Waals surface area contributed by atoms with Gasteiger partial charge in [0.15, 0.2) is 0 Å². The van der Waals surface area contributed by atoms with Gasteiger partial charge in [-0.1, -0.05) is 12.1 Å². The first-order valence-corrected chi connectivity index (χ1v) is 12.4. The molecule has 168 valence electrons. The molecule has 3 heterocycles. The molecular weight excluding hydrogens is 430 g/mol. The number of nitrogens with zero attached hydrogens (tertiary/aromatic N) is 4. The molecule has 0 aliphatic carbocycles. The first-order valence-electron chi connectivity index (χ1n) is 11.2. The van der Waals surface area contributed by atoms with Crippen LogP contribution in [0.4, 0.5) is 0 Å². The van der Waals surface area contributed by atoms with E-state index in [0.717, 1.165) is 35.3 Å². The third kappa shape index (κ3) is 4.02. The molecular formula is C26H27N5OS. The molecule has 2 aromatic carbocycles. The molecule has 1 atom stereocenters. The average Bonchev–Trinajstić information content (AvgIpc) is 3.46. The van der Waals surface area contributed by atoms with E-state index in [2.05, 4.69) is 59.3 Å². The lowest BCUT2D eigenvalue weighted by Gasteiger charge is -2.24. The molecule has 1 fully saturated rings. The van der Waals surface area contributed by atoms with Crippen molar-refractivity contribution in [2.24, 2.45) is 0 Å². The van der Waals surface area contributed by atoms with Gasteiger partial charge in [-0.05, 0) is 75.3 Å². The van der Waals surface area contributed by atoms with Gasteiger partial charge in [0.1, 0.15) is 11.6 Å². The SMILES string of the molecule is CSc1ccc2nc(C3CCCN3C(=O)c3cnc(C)nc3-c3ccc(C)c(C)c3)[nH]c2c1. The van der Waals surface area contributed by atoms with Crippen LogP contribution in [0, 0.1) is 20.8 Å². The molecule has 6 nitrogen and oxygen atoms in total. The summed E-state index contributed by atoms with van der Waals surface area (Å²) in [6.07, 6.45) is 5.56. The minimum atomic E-state index is -0.0865. The molecule has 0 radical (unpaired) electrons. The minimum absolute atomic E-state index is 0.0454. The zero-order valence-electron chi connectivity index (χ0n) is 19.3. The van der Waals surface area contributed by atoms with E-state index in [1.54, 1.807) is 18.0 Å². The van der Waals surface area contributed by atoms with Crippen molar-refractivity contribution in [1.82, 2.24) is 24.8 Å². The molecule has 0 saturated carbocycles. The van der Waals surface area contributed by atoms with Gasteiger partial charge in [0.2, 0.25) is 0 Å². The summed E-state index contributed by atoms with van der Waals surface area (Å²) in [5.41, 5.74) is 6.49. The van der Waals surface area contributed by atoms with Crippen molar-refractivity contribution in [3.63, 3.8) is 0 Å². The lowest BCUT2D eigenvalue weighted by Crippen LogP contribution is -2.32. The van der Waals surface area contributed by atoms with E-state index in [9.17, 15) is 4.79 Å². The number of fused-ring (bicyclic) bond motifs is 1. The summed E-state index contributed by atoms with van der Waals surface area (Å²) in [6, 6.07) is 12.3. The average molecular weight is 458 g/mol. The highest BCUT2D eigenvalue weighted by atomic mass is 32.2. The predicted octanol–water partition coefficient (Wildman–Crippen LogP) is 5.64. The number of benzene rings is 2. The standard InChI is InChI=1S/C26H27N5OS/c1-15-7-8-18(12-16(15)2)24-20(14-27-17(3)28-24)26(32)31-11-5-6-23(31)25-29-21-10-9-19(33-4)13-22(21)30-25/h7-10,12-14,23H,5-6,11H2,1-4H3,(H,29,30). The Morgan fingerprint density at radius 3 is 2.73 bits per heavy atom. The number of aromatic nitrogens is 4. The number of H-pyrrole nitrogens is 1. The normalized spacial score (nSPS) is 16.0. The van der Waals surface area contributed by atoms with E-state index >= 15 is 0 Å². The van der Waals surface area contributed by atoms with Gasteiger partial charge in [-0.2, -0.15) is 0 Å². The number of likely N-dealkylation sites (tertiary alicyclic amines) is 1. The zero-order chi connectivity index (χ0) is 23.1. The third-order valence-corrected chi connectivity index (χ3v) is 7.18. The highest BCUT2D eigenvalue weighted by Crippen LogP contribution is 2.35. The summed E-state index contributed by atoms with van der Waals surface area (Å²) in [4.78, 5) is 34.2. The van der Waals surface area contributed by atoms with Crippen molar-refractivity contribution >= 4 is 28.7 Å². The van der Waals surface area contributed by atoms with E-state index in [4.69, 9.17) is 4.98 Å². The zero-order valence-corrected chi connectivity index (χ0v) is 20.2. The largest absolute Gasteiger partial charge is 0.340 e. The van der Waals surface area contributed by atoms with Crippen molar-refractivity contribution in [2.75, 3.05) is 12.8 Å². The number of hydrogen-bond acceptors (Lipinski definition) is 5. The van der Waals surface area contributed by atoms with E-state index in [1.165, 1.54) is 16.0 Å². The number of thioether (sulfide) groups is 1. The van der Waals surface area contributed by atoms with E-state index in [-0.39, 0.29) is 11.9 Å². The number of carbonyl (C=O) groups excluding carboxylic acids is 1. The van der Waals surface area contributed by atoms with Gasteiger partial charge in [0.25, 0.3) is 5.91 Å². The van der Waals surface area contributed by atoms with Crippen LogP contribution in [-0.4, -0.2) is 43.5 Å². The fourth-order valence-electron chi connectivity index (χ4n) is 4.48. The van der Waals surface area contributed by atoms with Crippen LogP contribution in [0.5, 0.6) is 0 Å². The Balaban J connectivity index is 1.52. The Morgan fingerprint density at radius 1 is 1.09 bits per heavy atom. The fourth-order valence-corrected chi connectivity index (χ4v) is 4.92. The Morgan fingerprint density at radius 2 is 1.94 bits per heavy atom. The molecule has 33 heavy (non-hydrogen) atoms. The highest BCUT2D eigenvalue weighted by Gasteiger charge is 2.34. The Bertz CT molecular complexity index is 1360. The molecule has 1 amide bonds. The number of nitrogens with one attached hydrogen (secondary N) is 1. The van der Waals surface area contributed by atoms with Gasteiger partial charge in [0.05, 0.1) is 28.3 Å². The number of amides is 1. The van der Waals surface area contributed by atoms with E-state index in [1.807, 2.05) is 24.0 Å². The molecule has 1 aliphatic rings. The summed E-state index contributed by atoms with van der Waals surface area (Å²) in [6.45, 7) is 6.71. The van der Waals surface area contributed by atoms with Gasteiger partial charge in [0, 0.05) is 23.2 Å². The molecule has 1 N–H and O–H groups in total. The number of aromatic amines is 1. The van der Waals surface area contributed by atoms with Crippen LogP contribution < -0.4 is 0 Å². The molecule has 0 spiro atoms. The smallest absolute Gasteiger partial charge is 0.258 e. The van der Waals surface area contributed by atoms with Crippen molar-refractivity contribution in [3.05, 3.63) is 70.9 Å². The fraction of sp³-hybridized carbons (Fsp3) is 0.308. The summed E-state index contributed by atoms with van der Waals surface area (Å²) >= 11 is 1.70. The third-order valence-electron chi connectivity index (χ3n) is 6.46. The maximum absolute atomic E-state index is 13.8. The van der Waals surface area contributed by atoms with E-state index in [0.29, 0.717) is 23.6 Å². The molecule has 2 aromatic heterocycles. The highest BCUT2D eigenvalue weighted by molar-refractivity contribution is 7.98. The number of carbonyl (C=O) groups is 1. The number of imidazole rings is 1. The van der Waals surface area contributed by atoms with Crippen LogP contribution in [0.25, 0.3) is 22.3 Å². The van der Waals surface area contributed by atoms with Gasteiger partial charge in [-0.25, -0.2) is 15.0 Å². The number of rotatable bonds is 4. The monoisotopic (exact) mass is 457 g/mol. The molecule has 1 saturated heterocycles. The van der Waals surface area contributed by atoms with Gasteiger partial charge in [-0.15, -0.1) is 11.8 Å². The topological polar surface area (TPSA) is 74.8 Å². The molecule has 7 heteroatoms. The second-order valence-electron chi connectivity index (χ2n) is 8.64. The van der Waals surface area contributed by atoms with Gasteiger partial charge >= 0.3 is 0 Å². The second kappa shape index (κ2) is 8.63. The lowest BCUT2D eigenvalue weighted by atomic mass is 10.0. The Hall–Kier alpha value is -3.19. The first-order chi connectivity index (χ1) is 15.9. The van der Waals surface area contributed by atoms with Crippen molar-refractivity contribution in [3.8, 4) is 11.3 Å². The predicted molar refractivity (Wildman–Crippen MR) is 133 cm³/mol. The Kier molecular flexibility index (Phi) is 5.66. The molecule has 1 unspecified atom stereocenters. The lowest BCUT2D eigenvalue weighted by molar-refractivity contribution is 0.0730. The first kappa shape index (κ1) is 21.6. The Labute approximate surface area is 197 Å². The van der Waals surface area contributed by atoms with Gasteiger partial charge in [-0.3, -0.25) is 4.79 Å². The summed E-state index contributed by atoms with van der Waals surface area (Å²) in [7, 11) is 0. The minimum Gasteiger partial charge on any atom is -0.340 e. The molecule has 1 aliphatic heterocycles. The summed E-state index contributed by atoms with van der Waals surface area (Å²) in [5.74, 6) is 1.45. The number of aryl methyl sites for hydroxylation is 3. The van der Waals surface area contributed by atoms with Crippen LogP contribution in [-0.2, 0) is 0 Å². The maximum Gasteiger partial charge on any atom is 0.258 e. The van der Waals surface area contributed by atoms with Crippen LogP contribution in [0.15, 0.2) is 47.5 Å². The van der Waals surface area contributed by atoms with Crippen LogP contribution in [0.2, 0.25) is 0 Å². The van der Waals surface area contributed by atoms with E-state index < -0.39 is 0 Å². The van der Waals surface area contributed by atoms with Crippen molar-refractivity contribution in [2.45, 2.75) is 44.6 Å². The molecule has 5 rings (SSSR count). The van der Waals surface area contributed by atoms with Crippen LogP contribution >= 0.6 is 11.8 Å². The molecule has 0 bridgehead atoms. The maximum atomic E-state index is 13.8. The number of hydrogen-bond donors (Lipinski definition) is 1. The van der Waals surface area contributed by atoms with Gasteiger partial charge < -0.3 is 9.88 Å². The summed E-state index contributed by atoms with van der Waals surface area (Å²) in [5, 5.41) is 0.